The van der Waals surface area contributed by atoms with E-state index < -0.39 is 4.92 Å². The summed E-state index contributed by atoms with van der Waals surface area (Å²) in [5.74, 6) is 0. The van der Waals surface area contributed by atoms with Gasteiger partial charge in [0, 0.05) is 36.3 Å². The van der Waals surface area contributed by atoms with E-state index in [1.165, 1.54) is 25.0 Å². The summed E-state index contributed by atoms with van der Waals surface area (Å²) < 4.78 is 2.27. The van der Waals surface area contributed by atoms with Gasteiger partial charge in [-0.15, -0.1) is 4.91 Å². The topological polar surface area (TPSA) is 105 Å². The highest BCUT2D eigenvalue weighted by molar-refractivity contribution is 6.05. The number of aromatic nitrogens is 1. The molecular formula is C27H26N6O3. The van der Waals surface area contributed by atoms with Crippen LogP contribution in [0.4, 0.5) is 28.4 Å². The quantitative estimate of drug-likeness (QED) is 0.126. The number of nitrogens with zero attached hydrogens (tertiary/aromatic N) is 5. The number of hydrogen-bond acceptors (Lipinski definition) is 7. The molecule has 1 aromatic heterocycles. The molecule has 1 N–H and O–H groups in total. The predicted molar refractivity (Wildman–Crippen MR) is 143 cm³/mol. The van der Waals surface area contributed by atoms with Gasteiger partial charge in [-0.2, -0.15) is 0 Å². The predicted octanol–water partition coefficient (Wildman–Crippen LogP) is 6.54. The van der Waals surface area contributed by atoms with Crippen molar-refractivity contribution in [2.24, 2.45) is 10.2 Å². The number of likely N-dealkylation sites (tertiary alicyclic amines) is 1. The molecule has 1 saturated heterocycles. The molecule has 9 nitrogen and oxygen atoms in total. The average Bonchev–Trinajstić information content (AvgIpc) is 3.53. The van der Waals surface area contributed by atoms with Crippen LogP contribution in [0.15, 0.2) is 83.0 Å². The second kappa shape index (κ2) is 10.5. The van der Waals surface area contributed by atoms with E-state index >= 15 is 0 Å². The van der Waals surface area contributed by atoms with Crippen LogP contribution in [-0.2, 0) is 6.54 Å². The van der Waals surface area contributed by atoms with Crippen LogP contribution in [0.3, 0.4) is 0 Å². The molecule has 1 aliphatic rings. The van der Waals surface area contributed by atoms with Crippen LogP contribution in [-0.4, -0.2) is 40.2 Å². The largest absolute Gasteiger partial charge is 0.353 e. The number of para-hydroxylation sites is 1. The van der Waals surface area contributed by atoms with Gasteiger partial charge in [0.2, 0.25) is 0 Å². The van der Waals surface area contributed by atoms with E-state index in [1.807, 2.05) is 18.3 Å². The maximum atomic E-state index is 11.1. The number of benzene rings is 3. The molecule has 3 aromatic carbocycles. The molecule has 0 saturated carbocycles. The maximum absolute atomic E-state index is 11.1. The summed E-state index contributed by atoms with van der Waals surface area (Å²) in [4.78, 5) is 28.6. The van der Waals surface area contributed by atoms with Gasteiger partial charge in [-0.3, -0.25) is 15.1 Å². The smallest absolute Gasteiger partial charge is 0.269 e. The van der Waals surface area contributed by atoms with Crippen molar-refractivity contribution in [2.75, 3.05) is 25.0 Å². The standard InChI is InChI=1S/C27H26N6O3/c34-30-22-9-7-20(8-10-22)28-19-26-27(29-21-11-13-23(14-12-21)33(35)36)24-5-1-2-6-25(24)32(26)18-17-31-15-3-4-16-31/h1-2,5-14,19,29H,3-4,15-18H2/b28-19-. The number of rotatable bonds is 9. The Morgan fingerprint density at radius 1 is 0.917 bits per heavy atom. The van der Waals surface area contributed by atoms with E-state index in [4.69, 9.17) is 4.99 Å². The summed E-state index contributed by atoms with van der Waals surface area (Å²) >= 11 is 0. The monoisotopic (exact) mass is 482 g/mol. The van der Waals surface area contributed by atoms with Crippen molar-refractivity contribution in [1.29, 1.82) is 0 Å². The Morgan fingerprint density at radius 3 is 2.31 bits per heavy atom. The summed E-state index contributed by atoms with van der Waals surface area (Å²) in [6.45, 7) is 3.98. The zero-order valence-electron chi connectivity index (χ0n) is 19.7. The summed E-state index contributed by atoms with van der Waals surface area (Å²) in [6, 6.07) is 21.4. The molecule has 182 valence electrons. The number of nitro benzene ring substituents is 1. The fourth-order valence-electron chi connectivity index (χ4n) is 4.62. The molecule has 4 aromatic rings. The Hall–Kier alpha value is -4.37. The minimum absolute atomic E-state index is 0.0450. The lowest BCUT2D eigenvalue weighted by atomic mass is 10.2. The normalized spacial score (nSPS) is 14.0. The second-order valence-corrected chi connectivity index (χ2v) is 8.77. The van der Waals surface area contributed by atoms with Gasteiger partial charge in [0.15, 0.2) is 0 Å². The number of hydrogen-bond donors (Lipinski definition) is 1. The lowest BCUT2D eigenvalue weighted by Gasteiger charge is -2.17. The highest BCUT2D eigenvalue weighted by Crippen LogP contribution is 2.34. The van der Waals surface area contributed by atoms with E-state index in [0.717, 1.165) is 54.2 Å². The molecule has 0 bridgehead atoms. The molecule has 9 heteroatoms. The first-order valence-electron chi connectivity index (χ1n) is 11.9. The van der Waals surface area contributed by atoms with Crippen molar-refractivity contribution in [3.05, 3.63) is 93.5 Å². The van der Waals surface area contributed by atoms with Crippen molar-refractivity contribution >= 4 is 45.6 Å². The van der Waals surface area contributed by atoms with Crippen LogP contribution in [0.2, 0.25) is 0 Å². The zero-order valence-corrected chi connectivity index (χ0v) is 19.7. The molecule has 0 spiro atoms. The fraction of sp³-hybridized carbons (Fsp3) is 0.222. The van der Waals surface area contributed by atoms with Crippen molar-refractivity contribution in [2.45, 2.75) is 19.4 Å². The number of non-ortho nitro benzene ring substituents is 1. The zero-order chi connectivity index (χ0) is 24.9. The summed E-state index contributed by atoms with van der Waals surface area (Å²) in [7, 11) is 0. The molecule has 1 aliphatic heterocycles. The van der Waals surface area contributed by atoms with E-state index in [0.29, 0.717) is 11.4 Å². The Kier molecular flexibility index (Phi) is 6.81. The molecule has 2 heterocycles. The highest BCUT2D eigenvalue weighted by atomic mass is 16.6. The van der Waals surface area contributed by atoms with Crippen LogP contribution in [0, 0.1) is 15.0 Å². The first-order chi connectivity index (χ1) is 17.6. The van der Waals surface area contributed by atoms with Gasteiger partial charge in [0.05, 0.1) is 33.7 Å². The molecule has 5 rings (SSSR count). The van der Waals surface area contributed by atoms with Crippen LogP contribution < -0.4 is 5.32 Å². The van der Waals surface area contributed by atoms with Gasteiger partial charge in [-0.05, 0) is 73.6 Å². The Morgan fingerprint density at radius 2 is 1.61 bits per heavy atom. The minimum Gasteiger partial charge on any atom is -0.353 e. The van der Waals surface area contributed by atoms with Crippen LogP contribution in [0.25, 0.3) is 10.9 Å². The van der Waals surface area contributed by atoms with Crippen molar-refractivity contribution < 1.29 is 4.92 Å². The van der Waals surface area contributed by atoms with E-state index in [1.54, 1.807) is 36.4 Å². The van der Waals surface area contributed by atoms with Gasteiger partial charge in [-0.25, -0.2) is 0 Å². The minimum atomic E-state index is -0.405. The van der Waals surface area contributed by atoms with Gasteiger partial charge in [0.25, 0.3) is 5.69 Å². The second-order valence-electron chi connectivity index (χ2n) is 8.77. The van der Waals surface area contributed by atoms with Crippen molar-refractivity contribution in [3.63, 3.8) is 0 Å². The summed E-state index contributed by atoms with van der Waals surface area (Å²) in [5.41, 5.74) is 4.74. The molecule has 0 atom stereocenters. The van der Waals surface area contributed by atoms with E-state index in [2.05, 4.69) is 32.1 Å². The summed E-state index contributed by atoms with van der Waals surface area (Å²) in [6.07, 6.45) is 4.31. The number of nitroso groups, excluding NO2 is 1. The third-order valence-corrected chi connectivity index (χ3v) is 6.49. The molecule has 0 amide bonds. The summed E-state index contributed by atoms with van der Waals surface area (Å²) in [5, 5.41) is 18.6. The Labute approximate surface area is 208 Å². The average molecular weight is 483 g/mol. The highest BCUT2D eigenvalue weighted by Gasteiger charge is 2.18. The third-order valence-electron chi connectivity index (χ3n) is 6.49. The van der Waals surface area contributed by atoms with E-state index in [9.17, 15) is 15.0 Å². The van der Waals surface area contributed by atoms with Gasteiger partial charge >= 0.3 is 0 Å². The number of nitro groups is 1. The molecule has 1 fully saturated rings. The maximum Gasteiger partial charge on any atom is 0.269 e. The third kappa shape index (κ3) is 5.01. The molecular weight excluding hydrogens is 456 g/mol. The SMILES string of the molecule is O=Nc1ccc(/N=C\c2c(Nc3ccc([N+](=O)[O-])cc3)c3ccccc3n2CCN2CCCC2)cc1. The van der Waals surface area contributed by atoms with Crippen LogP contribution >= 0.6 is 0 Å². The number of anilines is 2. The number of nitrogens with one attached hydrogen (secondary N) is 1. The molecule has 0 aliphatic carbocycles. The lowest BCUT2D eigenvalue weighted by molar-refractivity contribution is -0.384. The van der Waals surface area contributed by atoms with Gasteiger partial charge < -0.3 is 14.8 Å². The molecule has 36 heavy (non-hydrogen) atoms. The number of fused-ring (bicyclic) bond motifs is 1. The molecule has 0 radical (unpaired) electrons. The first kappa shape index (κ1) is 23.4. The van der Waals surface area contributed by atoms with E-state index in [-0.39, 0.29) is 5.69 Å². The van der Waals surface area contributed by atoms with Gasteiger partial charge in [0.1, 0.15) is 5.69 Å². The Balaban J connectivity index is 1.56. The first-order valence-corrected chi connectivity index (χ1v) is 11.9. The lowest BCUT2D eigenvalue weighted by Crippen LogP contribution is -2.24. The van der Waals surface area contributed by atoms with Crippen molar-refractivity contribution in [3.8, 4) is 0 Å². The fourth-order valence-corrected chi connectivity index (χ4v) is 4.62. The molecule has 0 unspecified atom stereocenters. The Bertz CT molecular complexity index is 1400. The number of aliphatic imine (C=N–C) groups is 1. The van der Waals surface area contributed by atoms with Crippen LogP contribution in [0.1, 0.15) is 18.5 Å². The van der Waals surface area contributed by atoms with Gasteiger partial charge in [-0.1, -0.05) is 18.2 Å². The van der Waals surface area contributed by atoms with Crippen LogP contribution in [0.5, 0.6) is 0 Å². The van der Waals surface area contributed by atoms with Crippen molar-refractivity contribution in [1.82, 2.24) is 9.47 Å².